The van der Waals surface area contributed by atoms with Crippen molar-refractivity contribution in [1.29, 1.82) is 0 Å². The van der Waals surface area contributed by atoms with Crippen LogP contribution >= 0.6 is 0 Å². The summed E-state index contributed by atoms with van der Waals surface area (Å²) in [5, 5.41) is 18.9. The lowest BCUT2D eigenvalue weighted by Gasteiger charge is -2.48. The fourth-order valence-corrected chi connectivity index (χ4v) is 4.40. The van der Waals surface area contributed by atoms with Crippen molar-refractivity contribution in [1.82, 2.24) is 0 Å². The molecule has 0 amide bonds. The summed E-state index contributed by atoms with van der Waals surface area (Å²) in [5.74, 6) is -1.01. The Morgan fingerprint density at radius 1 is 1.10 bits per heavy atom. The van der Waals surface area contributed by atoms with Gasteiger partial charge in [-0.3, -0.25) is 0 Å². The van der Waals surface area contributed by atoms with E-state index in [0.29, 0.717) is 12.1 Å². The predicted molar refractivity (Wildman–Crippen MR) is 120 cm³/mol. The molecule has 0 radical (unpaired) electrons. The number of halogens is 1. The van der Waals surface area contributed by atoms with E-state index in [1.165, 1.54) is 0 Å². The molecular formula is C26H24FNO3. The van der Waals surface area contributed by atoms with Gasteiger partial charge in [0.15, 0.2) is 0 Å². The molecule has 2 N–H and O–H groups in total. The van der Waals surface area contributed by atoms with Gasteiger partial charge in [0.05, 0.1) is 5.54 Å². The van der Waals surface area contributed by atoms with Crippen LogP contribution < -0.4 is 4.90 Å². The van der Waals surface area contributed by atoms with Crippen LogP contribution in [0, 0.1) is 12.7 Å². The molecule has 4 nitrogen and oxygen atoms in total. The SMILES string of the molecule is Cc1ccc(N2CCc3cc(O)ccc3C2(C)c2ccc(C=CC(=O)O)cc2)cc1F. The molecule has 3 aromatic rings. The highest BCUT2D eigenvalue weighted by atomic mass is 19.1. The van der Waals surface area contributed by atoms with Crippen molar-refractivity contribution in [3.8, 4) is 5.75 Å². The van der Waals surface area contributed by atoms with E-state index in [1.807, 2.05) is 36.4 Å². The summed E-state index contributed by atoms with van der Waals surface area (Å²) in [5.41, 5.74) is 4.67. The summed E-state index contributed by atoms with van der Waals surface area (Å²) >= 11 is 0. The molecule has 158 valence electrons. The number of fused-ring (bicyclic) bond motifs is 1. The van der Waals surface area contributed by atoms with E-state index in [1.54, 1.807) is 37.3 Å². The molecule has 1 atom stereocenters. The summed E-state index contributed by atoms with van der Waals surface area (Å²) < 4.78 is 14.4. The Balaban J connectivity index is 1.85. The van der Waals surface area contributed by atoms with Crippen LogP contribution in [-0.2, 0) is 16.8 Å². The van der Waals surface area contributed by atoms with Crippen molar-refractivity contribution in [3.05, 3.63) is 100 Å². The number of nitrogens with zero attached hydrogens (tertiary/aromatic N) is 1. The lowest BCUT2D eigenvalue weighted by molar-refractivity contribution is -0.131. The lowest BCUT2D eigenvalue weighted by atomic mass is 9.76. The van der Waals surface area contributed by atoms with Gasteiger partial charge in [-0.2, -0.15) is 0 Å². The average Bonchev–Trinajstić information content (AvgIpc) is 2.75. The molecule has 0 saturated carbocycles. The normalized spacial score (nSPS) is 18.2. The number of carboxylic acid groups (broad SMARTS) is 1. The second-order valence-electron chi connectivity index (χ2n) is 8.04. The maximum Gasteiger partial charge on any atom is 0.328 e. The Morgan fingerprint density at radius 3 is 2.52 bits per heavy atom. The molecule has 0 saturated heterocycles. The van der Waals surface area contributed by atoms with Crippen LogP contribution in [0.5, 0.6) is 5.75 Å². The first-order valence-electron chi connectivity index (χ1n) is 10.2. The Labute approximate surface area is 180 Å². The van der Waals surface area contributed by atoms with Gasteiger partial charge in [0.1, 0.15) is 11.6 Å². The molecule has 0 fully saturated rings. The Kier molecular flexibility index (Phi) is 5.27. The molecule has 1 aliphatic rings. The van der Waals surface area contributed by atoms with E-state index in [4.69, 9.17) is 5.11 Å². The molecule has 5 heteroatoms. The topological polar surface area (TPSA) is 60.8 Å². The van der Waals surface area contributed by atoms with Crippen LogP contribution in [0.4, 0.5) is 10.1 Å². The highest BCUT2D eigenvalue weighted by Gasteiger charge is 2.40. The summed E-state index contributed by atoms with van der Waals surface area (Å²) in [4.78, 5) is 13.0. The number of benzene rings is 3. The average molecular weight is 417 g/mol. The second kappa shape index (κ2) is 7.91. The van der Waals surface area contributed by atoms with Crippen molar-refractivity contribution in [2.24, 2.45) is 0 Å². The van der Waals surface area contributed by atoms with Crippen LogP contribution in [0.25, 0.3) is 6.08 Å². The first-order valence-corrected chi connectivity index (χ1v) is 10.2. The van der Waals surface area contributed by atoms with E-state index in [2.05, 4.69) is 11.8 Å². The van der Waals surface area contributed by atoms with E-state index in [9.17, 15) is 14.3 Å². The number of hydrogen-bond acceptors (Lipinski definition) is 3. The van der Waals surface area contributed by atoms with Gasteiger partial charge in [0, 0.05) is 18.3 Å². The van der Waals surface area contributed by atoms with Gasteiger partial charge in [-0.05, 0) is 78.4 Å². The summed E-state index contributed by atoms with van der Waals surface area (Å²) in [6.07, 6.45) is 3.39. The largest absolute Gasteiger partial charge is 0.508 e. The van der Waals surface area contributed by atoms with Crippen molar-refractivity contribution in [3.63, 3.8) is 0 Å². The van der Waals surface area contributed by atoms with E-state index in [-0.39, 0.29) is 11.6 Å². The molecule has 31 heavy (non-hydrogen) atoms. The summed E-state index contributed by atoms with van der Waals surface area (Å²) in [6, 6.07) is 18.4. The quantitative estimate of drug-likeness (QED) is 0.568. The maximum absolute atomic E-state index is 14.4. The smallest absolute Gasteiger partial charge is 0.328 e. The zero-order valence-corrected chi connectivity index (χ0v) is 17.5. The van der Waals surface area contributed by atoms with Crippen LogP contribution in [0.1, 0.15) is 34.7 Å². The molecule has 3 aromatic carbocycles. The van der Waals surface area contributed by atoms with E-state index >= 15 is 0 Å². The number of aliphatic carboxylic acids is 1. The van der Waals surface area contributed by atoms with Gasteiger partial charge in [0.2, 0.25) is 0 Å². The molecule has 4 rings (SSSR count). The third kappa shape index (κ3) is 3.79. The van der Waals surface area contributed by atoms with Gasteiger partial charge in [0.25, 0.3) is 0 Å². The van der Waals surface area contributed by atoms with Crippen LogP contribution in [0.2, 0.25) is 0 Å². The van der Waals surface area contributed by atoms with E-state index in [0.717, 1.165) is 40.4 Å². The summed E-state index contributed by atoms with van der Waals surface area (Å²) in [6.45, 7) is 4.51. The van der Waals surface area contributed by atoms with Crippen LogP contribution in [0.15, 0.2) is 66.7 Å². The minimum atomic E-state index is -0.996. The summed E-state index contributed by atoms with van der Waals surface area (Å²) in [7, 11) is 0. The molecule has 0 bridgehead atoms. The Hall–Kier alpha value is -3.60. The highest BCUT2D eigenvalue weighted by Crippen LogP contribution is 2.44. The van der Waals surface area contributed by atoms with Crippen molar-refractivity contribution < 1.29 is 19.4 Å². The molecular weight excluding hydrogens is 393 g/mol. The molecule has 1 unspecified atom stereocenters. The number of phenols is 1. The van der Waals surface area contributed by atoms with Gasteiger partial charge in [-0.1, -0.05) is 36.4 Å². The minimum Gasteiger partial charge on any atom is -0.508 e. The van der Waals surface area contributed by atoms with Gasteiger partial charge in [-0.15, -0.1) is 0 Å². The van der Waals surface area contributed by atoms with E-state index < -0.39 is 11.5 Å². The number of aromatic hydroxyl groups is 1. The van der Waals surface area contributed by atoms with Crippen molar-refractivity contribution in [2.75, 3.05) is 11.4 Å². The number of hydrogen-bond donors (Lipinski definition) is 2. The molecule has 0 spiro atoms. The third-order valence-electron chi connectivity index (χ3n) is 6.12. The standard InChI is InChI=1S/C26H24FNO3/c1-17-3-9-21(16-24(17)27)28-14-13-19-15-22(29)10-11-23(19)26(28,2)20-7-4-18(5-8-20)6-12-25(30)31/h3-12,15-16,29H,13-14H2,1-2H3,(H,30,31). The number of carbonyl (C=O) groups is 1. The van der Waals surface area contributed by atoms with Crippen LogP contribution in [-0.4, -0.2) is 22.7 Å². The van der Waals surface area contributed by atoms with Gasteiger partial charge >= 0.3 is 5.97 Å². The van der Waals surface area contributed by atoms with Crippen molar-refractivity contribution in [2.45, 2.75) is 25.8 Å². The monoisotopic (exact) mass is 417 g/mol. The second-order valence-corrected chi connectivity index (χ2v) is 8.04. The minimum absolute atomic E-state index is 0.227. The fourth-order valence-electron chi connectivity index (χ4n) is 4.40. The third-order valence-corrected chi connectivity index (χ3v) is 6.12. The number of rotatable bonds is 4. The Morgan fingerprint density at radius 2 is 1.84 bits per heavy atom. The zero-order valence-electron chi connectivity index (χ0n) is 17.5. The molecule has 1 aliphatic heterocycles. The predicted octanol–water partition coefficient (Wildman–Crippen LogP) is 5.26. The molecule has 0 aromatic heterocycles. The fraction of sp³-hybridized carbons (Fsp3) is 0.192. The molecule has 1 heterocycles. The zero-order chi connectivity index (χ0) is 22.2. The molecule has 0 aliphatic carbocycles. The maximum atomic E-state index is 14.4. The Bertz CT molecular complexity index is 1170. The first-order chi connectivity index (χ1) is 14.8. The highest BCUT2D eigenvalue weighted by molar-refractivity contribution is 5.85. The number of phenolic OH excluding ortho intramolecular Hbond substituents is 1. The number of carboxylic acids is 1. The van der Waals surface area contributed by atoms with Crippen molar-refractivity contribution >= 4 is 17.7 Å². The first kappa shape index (κ1) is 20.7. The number of aryl methyl sites for hydroxylation is 1. The van der Waals surface area contributed by atoms with Crippen LogP contribution in [0.3, 0.4) is 0 Å². The lowest BCUT2D eigenvalue weighted by Crippen LogP contribution is -2.49. The van der Waals surface area contributed by atoms with Gasteiger partial charge in [-0.25, -0.2) is 9.18 Å². The number of anilines is 1. The van der Waals surface area contributed by atoms with Gasteiger partial charge < -0.3 is 15.1 Å².